The molecule has 0 amide bonds. The summed E-state index contributed by atoms with van der Waals surface area (Å²) in [7, 11) is 0. The highest BCUT2D eigenvalue weighted by molar-refractivity contribution is 6.12. The zero-order valence-corrected chi connectivity index (χ0v) is 29.7. The molecule has 7 aromatic carbocycles. The molecule has 7 heteroatoms. The van der Waals surface area contributed by atoms with Crippen LogP contribution in [0.25, 0.3) is 93.7 Å². The van der Waals surface area contributed by atoms with E-state index in [1.807, 2.05) is 72.8 Å². The summed E-state index contributed by atoms with van der Waals surface area (Å²) in [4.78, 5) is 13.5. The van der Waals surface area contributed by atoms with Gasteiger partial charge in [-0.25, -0.2) is 14.8 Å². The third-order valence-electron chi connectivity index (χ3n) is 10.4. The molecular formula is C49H27N7. The number of hydrogen-bond donors (Lipinski definition) is 0. The number of aromatic nitrogens is 4. The lowest BCUT2D eigenvalue weighted by atomic mass is 9.96. The van der Waals surface area contributed by atoms with Crippen molar-refractivity contribution in [1.82, 2.24) is 19.1 Å². The molecule has 0 aliphatic heterocycles. The van der Waals surface area contributed by atoms with Gasteiger partial charge >= 0.3 is 0 Å². The summed E-state index contributed by atoms with van der Waals surface area (Å²) in [6, 6.07) is 58.8. The maximum absolute atomic E-state index is 10.8. The molecule has 3 heterocycles. The van der Waals surface area contributed by atoms with Gasteiger partial charge in [-0.1, -0.05) is 109 Å². The van der Waals surface area contributed by atoms with E-state index in [4.69, 9.17) is 16.5 Å². The molecule has 7 nitrogen and oxygen atoms in total. The first-order chi connectivity index (χ1) is 27.6. The minimum absolute atomic E-state index is 0.300. The van der Waals surface area contributed by atoms with Gasteiger partial charge in [-0.2, -0.15) is 10.5 Å². The van der Waals surface area contributed by atoms with Crippen molar-refractivity contribution in [3.8, 4) is 57.4 Å². The predicted molar refractivity (Wildman–Crippen MR) is 223 cm³/mol. The summed E-state index contributed by atoms with van der Waals surface area (Å²) in [5, 5.41) is 26.0. The molecule has 0 radical (unpaired) electrons. The van der Waals surface area contributed by atoms with Crippen LogP contribution in [0.5, 0.6) is 0 Å². The van der Waals surface area contributed by atoms with Crippen molar-refractivity contribution < 1.29 is 0 Å². The van der Waals surface area contributed by atoms with Gasteiger partial charge in [0.25, 0.3) is 0 Å². The van der Waals surface area contributed by atoms with Crippen molar-refractivity contribution in [2.75, 3.05) is 0 Å². The van der Waals surface area contributed by atoms with Crippen LogP contribution in [-0.2, 0) is 0 Å². The molecule has 10 rings (SSSR count). The minimum atomic E-state index is 0.300. The average molecular weight is 714 g/mol. The first kappa shape index (κ1) is 32.3. The highest BCUT2D eigenvalue weighted by Crippen LogP contribution is 2.39. The fraction of sp³-hybridized carbons (Fsp3) is 0. The first-order valence-electron chi connectivity index (χ1n) is 18.1. The maximum Gasteiger partial charge on any atom is 0.198 e. The van der Waals surface area contributed by atoms with Crippen molar-refractivity contribution in [3.63, 3.8) is 0 Å². The van der Waals surface area contributed by atoms with Crippen molar-refractivity contribution in [2.45, 2.75) is 0 Å². The number of nitriles is 2. The number of fused-ring (bicyclic) bond motifs is 6. The largest absolute Gasteiger partial charge is 0.309 e. The Morgan fingerprint density at radius 1 is 0.482 bits per heavy atom. The van der Waals surface area contributed by atoms with Gasteiger partial charge in [0.2, 0.25) is 0 Å². The van der Waals surface area contributed by atoms with Crippen molar-refractivity contribution in [1.29, 1.82) is 10.5 Å². The zero-order valence-electron chi connectivity index (χ0n) is 29.7. The van der Waals surface area contributed by atoms with E-state index in [-0.39, 0.29) is 0 Å². The Morgan fingerprint density at radius 2 is 1.00 bits per heavy atom. The lowest BCUT2D eigenvalue weighted by Crippen LogP contribution is -2.02. The summed E-state index contributed by atoms with van der Waals surface area (Å²) in [5.74, 6) is 0.339. The van der Waals surface area contributed by atoms with Crippen LogP contribution in [0.15, 0.2) is 164 Å². The highest BCUT2D eigenvalue weighted by atomic mass is 15.0. The van der Waals surface area contributed by atoms with E-state index < -0.39 is 0 Å². The van der Waals surface area contributed by atoms with E-state index in [2.05, 4.69) is 105 Å². The van der Waals surface area contributed by atoms with Crippen LogP contribution in [0.2, 0.25) is 0 Å². The highest BCUT2D eigenvalue weighted by Gasteiger charge is 2.22. The molecule has 0 saturated heterocycles. The van der Waals surface area contributed by atoms with Gasteiger partial charge in [0.05, 0.1) is 63.3 Å². The van der Waals surface area contributed by atoms with Crippen LogP contribution in [0.1, 0.15) is 11.1 Å². The van der Waals surface area contributed by atoms with Gasteiger partial charge < -0.3 is 9.13 Å². The van der Waals surface area contributed by atoms with Gasteiger partial charge in [-0.3, -0.25) is 0 Å². The fourth-order valence-electron chi connectivity index (χ4n) is 8.00. The number of nitrogens with zero attached hydrogens (tertiary/aromatic N) is 7. The molecule has 3 aromatic heterocycles. The fourth-order valence-corrected chi connectivity index (χ4v) is 8.00. The SMILES string of the molecule is [C-]#[N+]c1ccccc1-c1nc(-c2ccccc2)cc(-c2c(C#N)cc(-n3c4ccccc4c4cc(-n5c6ccccc6c6ccccc65)ccc43)cc2C#N)n1. The van der Waals surface area contributed by atoms with E-state index in [1.165, 1.54) is 10.8 Å². The minimum Gasteiger partial charge on any atom is -0.309 e. The zero-order chi connectivity index (χ0) is 37.8. The average Bonchev–Trinajstić information content (AvgIpc) is 3.78. The molecule has 0 fully saturated rings. The molecule has 0 atom stereocenters. The van der Waals surface area contributed by atoms with Gasteiger partial charge in [-0.15, -0.1) is 0 Å². The van der Waals surface area contributed by atoms with Gasteiger partial charge in [-0.05, 0) is 54.6 Å². The maximum atomic E-state index is 10.8. The van der Waals surface area contributed by atoms with Crippen LogP contribution in [0, 0.1) is 29.2 Å². The Kier molecular flexibility index (Phi) is 7.49. The number of hydrogen-bond acceptors (Lipinski definition) is 4. The van der Waals surface area contributed by atoms with E-state index in [0.717, 1.165) is 44.1 Å². The molecule has 0 N–H and O–H groups in total. The molecule has 258 valence electrons. The van der Waals surface area contributed by atoms with E-state index in [9.17, 15) is 10.5 Å². The first-order valence-corrected chi connectivity index (χ1v) is 18.1. The van der Waals surface area contributed by atoms with Gasteiger partial charge in [0.1, 0.15) is 5.82 Å². The molecule has 0 unspecified atom stereocenters. The second-order valence-electron chi connectivity index (χ2n) is 13.5. The van der Waals surface area contributed by atoms with Crippen molar-refractivity contribution in [3.05, 3.63) is 186 Å². The molecule has 10 aromatic rings. The van der Waals surface area contributed by atoms with Crippen molar-refractivity contribution in [2.24, 2.45) is 0 Å². The van der Waals surface area contributed by atoms with Gasteiger partial charge in [0, 0.05) is 49.6 Å². The molecule has 0 aliphatic rings. The van der Waals surface area contributed by atoms with Crippen LogP contribution in [-0.4, -0.2) is 19.1 Å². The van der Waals surface area contributed by atoms with Crippen LogP contribution in [0.4, 0.5) is 5.69 Å². The van der Waals surface area contributed by atoms with E-state index >= 15 is 0 Å². The van der Waals surface area contributed by atoms with E-state index in [0.29, 0.717) is 50.8 Å². The Balaban J connectivity index is 1.19. The Hall–Kier alpha value is -8.31. The molecular weight excluding hydrogens is 687 g/mol. The third-order valence-corrected chi connectivity index (χ3v) is 10.4. The standard InChI is InChI=1S/C49H27N7/c1-52-41-19-9-5-18-39(41)49-53-42(31-13-3-2-4-14-31)28-43(54-49)48-32(29-50)25-35(26-33(48)30-51)56-46-22-12-8-17-38(46)40-27-34(23-24-47(40)56)55-44-20-10-6-15-36(44)37-16-7-11-21-45(37)55/h2-28H. The summed E-state index contributed by atoms with van der Waals surface area (Å²) >= 11 is 0. The van der Waals surface area contributed by atoms with Crippen LogP contribution >= 0.6 is 0 Å². The quantitative estimate of drug-likeness (QED) is 0.166. The molecule has 0 spiro atoms. The Morgan fingerprint density at radius 3 is 1.62 bits per heavy atom. The normalized spacial score (nSPS) is 11.2. The smallest absolute Gasteiger partial charge is 0.198 e. The number of para-hydroxylation sites is 4. The lowest BCUT2D eigenvalue weighted by Gasteiger charge is -2.15. The Labute approximate surface area is 321 Å². The summed E-state index contributed by atoms with van der Waals surface area (Å²) < 4.78 is 4.43. The lowest BCUT2D eigenvalue weighted by molar-refractivity contribution is 1.15. The molecule has 0 saturated carbocycles. The summed E-state index contributed by atoms with van der Waals surface area (Å²) in [6.45, 7) is 7.80. The van der Waals surface area contributed by atoms with Gasteiger partial charge in [0.15, 0.2) is 5.69 Å². The molecule has 56 heavy (non-hydrogen) atoms. The van der Waals surface area contributed by atoms with Crippen LogP contribution < -0.4 is 0 Å². The van der Waals surface area contributed by atoms with E-state index in [1.54, 1.807) is 12.1 Å². The summed E-state index contributed by atoms with van der Waals surface area (Å²) in [5.41, 5.74) is 9.76. The number of benzene rings is 7. The molecule has 0 aliphatic carbocycles. The Bertz CT molecular complexity index is 3260. The summed E-state index contributed by atoms with van der Waals surface area (Å²) in [6.07, 6.45) is 0. The molecule has 0 bridgehead atoms. The van der Waals surface area contributed by atoms with Crippen LogP contribution in [0.3, 0.4) is 0 Å². The third kappa shape index (κ3) is 5.03. The predicted octanol–water partition coefficient (Wildman–Crippen LogP) is 12.0. The topological polar surface area (TPSA) is 87.6 Å². The second-order valence-corrected chi connectivity index (χ2v) is 13.5. The van der Waals surface area contributed by atoms with Crippen molar-refractivity contribution >= 4 is 49.3 Å². The number of rotatable bonds is 5. The monoisotopic (exact) mass is 713 g/mol. The second kappa shape index (κ2) is 13.0.